The van der Waals surface area contributed by atoms with Crippen LogP contribution in [0.25, 0.3) is 0 Å². The van der Waals surface area contributed by atoms with Crippen LogP contribution in [0.15, 0.2) is 24.3 Å². The topological polar surface area (TPSA) is 49.8 Å². The Morgan fingerprint density at radius 3 is 1.82 bits per heavy atom. The van der Waals surface area contributed by atoms with Gasteiger partial charge < -0.3 is 5.73 Å². The summed E-state index contributed by atoms with van der Waals surface area (Å²) in [6, 6.07) is 7.08. The third-order valence-corrected chi connectivity index (χ3v) is 1.26. The van der Waals surface area contributed by atoms with Crippen molar-refractivity contribution >= 4 is 23.2 Å². The zero-order valence-corrected chi connectivity index (χ0v) is 7.10. The fourth-order valence-electron chi connectivity index (χ4n) is 0.460. The molecule has 1 aromatic carbocycles. The minimum Gasteiger partial charge on any atom is -0.337 e. The molecule has 2 nitrogen and oxygen atoms in total. The van der Waals surface area contributed by atoms with Gasteiger partial charge in [-0.15, -0.1) is 0 Å². The fourth-order valence-corrected chi connectivity index (χ4v) is 0.896. The summed E-state index contributed by atoms with van der Waals surface area (Å²) in [5.41, 5.74) is 4.15. The van der Waals surface area contributed by atoms with Crippen molar-refractivity contribution in [2.75, 3.05) is 0 Å². The first-order valence-corrected chi connectivity index (χ1v) is 3.47. The van der Waals surface area contributed by atoms with E-state index in [4.69, 9.17) is 28.5 Å². The van der Waals surface area contributed by atoms with Gasteiger partial charge >= 0.3 is 0 Å². The van der Waals surface area contributed by atoms with E-state index < -0.39 is 0 Å². The number of nitrogens with zero attached hydrogens (tertiary/aromatic N) is 1. The highest BCUT2D eigenvalue weighted by Crippen LogP contribution is 2.13. The highest BCUT2D eigenvalue weighted by Gasteiger charge is 1.84. The quantitative estimate of drug-likeness (QED) is 0.503. The van der Waals surface area contributed by atoms with Crippen LogP contribution < -0.4 is 5.73 Å². The van der Waals surface area contributed by atoms with E-state index in [2.05, 4.69) is 5.73 Å². The van der Waals surface area contributed by atoms with Crippen LogP contribution in [0.2, 0.25) is 10.0 Å². The molecule has 2 N–H and O–H groups in total. The second kappa shape index (κ2) is 5.84. The van der Waals surface area contributed by atoms with Gasteiger partial charge in [0.25, 0.3) is 0 Å². The first-order chi connectivity index (χ1) is 5.20. The number of halogens is 2. The van der Waals surface area contributed by atoms with Gasteiger partial charge in [-0.3, -0.25) is 0 Å². The van der Waals surface area contributed by atoms with Crippen LogP contribution in [0.4, 0.5) is 0 Å². The Bertz CT molecular complexity index is 238. The van der Waals surface area contributed by atoms with Gasteiger partial charge in [-0.2, -0.15) is 5.26 Å². The number of nitrogens with two attached hydrogens (primary N) is 1. The molecule has 0 saturated heterocycles. The second-order valence-electron chi connectivity index (χ2n) is 1.57. The van der Waals surface area contributed by atoms with Gasteiger partial charge in [0.05, 0.1) is 0 Å². The lowest BCUT2D eigenvalue weighted by molar-refractivity contribution is 1.45. The van der Waals surface area contributed by atoms with Crippen molar-refractivity contribution in [2.24, 2.45) is 5.73 Å². The second-order valence-corrected chi connectivity index (χ2v) is 2.44. The SMILES string of the molecule is Clc1cccc(Cl)c1.N#CN. The monoisotopic (exact) mass is 188 g/mol. The molecule has 4 heteroatoms. The minimum atomic E-state index is 0.678. The Kier molecular flexibility index (Phi) is 5.36. The molecule has 0 amide bonds. The standard InChI is InChI=1S/C6H4Cl2.CH2N2/c7-5-2-1-3-6(8)4-5;2-1-3/h1-4H;2H2. The zero-order valence-electron chi connectivity index (χ0n) is 5.59. The Morgan fingerprint density at radius 2 is 1.64 bits per heavy atom. The Morgan fingerprint density at radius 1 is 1.27 bits per heavy atom. The largest absolute Gasteiger partial charge is 0.337 e. The first kappa shape index (κ1) is 10.1. The van der Waals surface area contributed by atoms with E-state index in [0.29, 0.717) is 10.0 Å². The molecule has 58 valence electrons. The predicted octanol–water partition coefficient (Wildman–Crippen LogP) is 2.42. The summed E-state index contributed by atoms with van der Waals surface area (Å²) in [7, 11) is 0. The maximum Gasteiger partial charge on any atom is 0.173 e. The Labute approximate surface area is 75.1 Å². The molecule has 0 atom stereocenters. The van der Waals surface area contributed by atoms with Crippen molar-refractivity contribution in [1.82, 2.24) is 0 Å². The first-order valence-electron chi connectivity index (χ1n) is 2.71. The summed E-state index contributed by atoms with van der Waals surface area (Å²) in [5, 5.41) is 8.45. The average Bonchev–Trinajstić information content (AvgIpc) is 1.88. The van der Waals surface area contributed by atoms with E-state index >= 15 is 0 Å². The molecular weight excluding hydrogens is 183 g/mol. The third-order valence-electron chi connectivity index (χ3n) is 0.787. The molecule has 0 saturated carbocycles. The molecule has 1 aromatic rings. The summed E-state index contributed by atoms with van der Waals surface area (Å²) in [6.45, 7) is 0. The van der Waals surface area contributed by atoms with E-state index in [1.54, 1.807) is 18.2 Å². The molecule has 0 heterocycles. The van der Waals surface area contributed by atoms with Gasteiger partial charge in [0.2, 0.25) is 0 Å². The third kappa shape index (κ3) is 5.53. The van der Waals surface area contributed by atoms with Gasteiger partial charge in [0.15, 0.2) is 6.19 Å². The van der Waals surface area contributed by atoms with Gasteiger partial charge in [-0.25, -0.2) is 0 Å². The van der Waals surface area contributed by atoms with Gasteiger partial charge in [-0.1, -0.05) is 29.3 Å². The van der Waals surface area contributed by atoms with Gasteiger partial charge in [0, 0.05) is 10.0 Å². The minimum absolute atomic E-state index is 0.678. The molecular formula is C7H6Cl2N2. The molecule has 0 spiro atoms. The summed E-state index contributed by atoms with van der Waals surface area (Å²) < 4.78 is 0. The molecule has 0 bridgehead atoms. The summed E-state index contributed by atoms with van der Waals surface area (Å²) >= 11 is 11.1. The molecule has 0 radical (unpaired) electrons. The van der Waals surface area contributed by atoms with Crippen molar-refractivity contribution < 1.29 is 0 Å². The van der Waals surface area contributed by atoms with E-state index in [9.17, 15) is 0 Å². The van der Waals surface area contributed by atoms with E-state index in [1.165, 1.54) is 6.19 Å². The maximum atomic E-state index is 7.10. The lowest BCUT2D eigenvalue weighted by Crippen LogP contribution is -1.69. The van der Waals surface area contributed by atoms with E-state index in [-0.39, 0.29) is 0 Å². The van der Waals surface area contributed by atoms with Crippen molar-refractivity contribution in [1.29, 1.82) is 5.26 Å². The fraction of sp³-hybridized carbons (Fsp3) is 0. The van der Waals surface area contributed by atoms with Crippen LogP contribution in [0.3, 0.4) is 0 Å². The van der Waals surface area contributed by atoms with Gasteiger partial charge in [0.1, 0.15) is 0 Å². The summed E-state index contributed by atoms with van der Waals surface area (Å²) in [6.07, 6.45) is 1.25. The average molecular weight is 189 g/mol. The zero-order chi connectivity index (χ0) is 8.69. The number of rotatable bonds is 0. The predicted molar refractivity (Wildman–Crippen MR) is 46.3 cm³/mol. The number of hydrogen-bond acceptors (Lipinski definition) is 2. The van der Waals surface area contributed by atoms with Crippen molar-refractivity contribution in [3.63, 3.8) is 0 Å². The normalized spacial score (nSPS) is 7.36. The maximum absolute atomic E-state index is 7.10. The van der Waals surface area contributed by atoms with Crippen LogP contribution in [-0.2, 0) is 0 Å². The number of hydrogen-bond donors (Lipinski definition) is 1. The lowest BCUT2D eigenvalue weighted by Gasteiger charge is -1.86. The molecule has 1 rings (SSSR count). The highest BCUT2D eigenvalue weighted by molar-refractivity contribution is 6.34. The molecule has 0 aromatic heterocycles. The Balaban J connectivity index is 0.000000292. The van der Waals surface area contributed by atoms with Crippen LogP contribution in [-0.4, -0.2) is 0 Å². The van der Waals surface area contributed by atoms with Crippen molar-refractivity contribution in [2.45, 2.75) is 0 Å². The molecule has 11 heavy (non-hydrogen) atoms. The molecule has 0 fully saturated rings. The Hall–Kier alpha value is -0.910. The van der Waals surface area contributed by atoms with Crippen molar-refractivity contribution in [3.05, 3.63) is 34.3 Å². The van der Waals surface area contributed by atoms with E-state index in [1.807, 2.05) is 6.07 Å². The molecule has 0 unspecified atom stereocenters. The van der Waals surface area contributed by atoms with Crippen LogP contribution in [0, 0.1) is 11.5 Å². The lowest BCUT2D eigenvalue weighted by atomic mass is 10.4. The van der Waals surface area contributed by atoms with Crippen LogP contribution in [0.1, 0.15) is 0 Å². The van der Waals surface area contributed by atoms with Crippen molar-refractivity contribution in [3.8, 4) is 6.19 Å². The molecule has 0 aliphatic rings. The van der Waals surface area contributed by atoms with Crippen LogP contribution in [0.5, 0.6) is 0 Å². The summed E-state index contributed by atoms with van der Waals surface area (Å²) in [4.78, 5) is 0. The van der Waals surface area contributed by atoms with E-state index in [0.717, 1.165) is 0 Å². The van der Waals surface area contributed by atoms with Crippen LogP contribution >= 0.6 is 23.2 Å². The highest BCUT2D eigenvalue weighted by atomic mass is 35.5. The van der Waals surface area contributed by atoms with Gasteiger partial charge in [-0.05, 0) is 18.2 Å². The smallest absolute Gasteiger partial charge is 0.173 e. The molecule has 0 aliphatic carbocycles. The summed E-state index contributed by atoms with van der Waals surface area (Å²) in [5.74, 6) is 0. The number of benzene rings is 1. The molecule has 0 aliphatic heterocycles. The number of nitriles is 1.